The SMILES string of the molecule is C[C@@H](O)CNCc1cccnn1. The zero-order valence-corrected chi connectivity index (χ0v) is 7.07. The molecule has 4 heteroatoms. The van der Waals surface area contributed by atoms with Gasteiger partial charge in [0.25, 0.3) is 0 Å². The number of hydrogen-bond acceptors (Lipinski definition) is 4. The summed E-state index contributed by atoms with van der Waals surface area (Å²) in [6, 6.07) is 3.73. The summed E-state index contributed by atoms with van der Waals surface area (Å²) >= 11 is 0. The molecule has 2 N–H and O–H groups in total. The Hall–Kier alpha value is -1.00. The molecule has 66 valence electrons. The lowest BCUT2D eigenvalue weighted by Gasteiger charge is -2.04. The summed E-state index contributed by atoms with van der Waals surface area (Å²) in [6.45, 7) is 2.97. The monoisotopic (exact) mass is 167 g/mol. The summed E-state index contributed by atoms with van der Waals surface area (Å²) in [4.78, 5) is 0. The van der Waals surface area contributed by atoms with Crippen LogP contribution in [0.1, 0.15) is 12.6 Å². The van der Waals surface area contributed by atoms with E-state index in [1.54, 1.807) is 13.1 Å². The van der Waals surface area contributed by atoms with Crippen molar-refractivity contribution < 1.29 is 5.11 Å². The first kappa shape index (κ1) is 9.09. The van der Waals surface area contributed by atoms with Crippen molar-refractivity contribution in [1.29, 1.82) is 0 Å². The molecule has 0 aliphatic rings. The van der Waals surface area contributed by atoms with Gasteiger partial charge in [-0.15, -0.1) is 0 Å². The van der Waals surface area contributed by atoms with E-state index < -0.39 is 0 Å². The number of hydrogen-bond donors (Lipinski definition) is 2. The molecule has 1 aromatic heterocycles. The highest BCUT2D eigenvalue weighted by Crippen LogP contribution is 1.89. The van der Waals surface area contributed by atoms with Gasteiger partial charge in [-0.2, -0.15) is 10.2 Å². The molecule has 12 heavy (non-hydrogen) atoms. The molecule has 0 aromatic carbocycles. The smallest absolute Gasteiger partial charge is 0.0768 e. The van der Waals surface area contributed by atoms with Gasteiger partial charge in [-0.3, -0.25) is 0 Å². The van der Waals surface area contributed by atoms with Crippen LogP contribution >= 0.6 is 0 Å². The van der Waals surface area contributed by atoms with Crippen molar-refractivity contribution in [2.45, 2.75) is 19.6 Å². The van der Waals surface area contributed by atoms with Gasteiger partial charge in [0.1, 0.15) is 0 Å². The molecule has 0 aliphatic carbocycles. The maximum Gasteiger partial charge on any atom is 0.0768 e. The summed E-state index contributed by atoms with van der Waals surface area (Å²) in [6.07, 6.45) is 1.32. The maximum absolute atomic E-state index is 8.93. The summed E-state index contributed by atoms with van der Waals surface area (Å²) in [7, 11) is 0. The van der Waals surface area contributed by atoms with Gasteiger partial charge < -0.3 is 10.4 Å². The second-order valence-electron chi connectivity index (χ2n) is 2.69. The number of nitrogens with zero attached hydrogens (tertiary/aromatic N) is 2. The Balaban J connectivity index is 2.25. The molecule has 0 saturated carbocycles. The molecular formula is C8H13N3O. The van der Waals surface area contributed by atoms with Crippen LogP contribution in [0.15, 0.2) is 18.3 Å². The van der Waals surface area contributed by atoms with Crippen LogP contribution < -0.4 is 5.32 Å². The lowest BCUT2D eigenvalue weighted by Crippen LogP contribution is -2.24. The molecule has 0 radical (unpaired) electrons. The minimum absolute atomic E-state index is 0.318. The van der Waals surface area contributed by atoms with E-state index in [-0.39, 0.29) is 6.10 Å². The number of aromatic nitrogens is 2. The number of aliphatic hydroxyl groups excluding tert-OH is 1. The Bertz CT molecular complexity index is 213. The Kier molecular flexibility index (Phi) is 3.63. The fourth-order valence-corrected chi connectivity index (χ4v) is 0.837. The van der Waals surface area contributed by atoms with Crippen LogP contribution in [0.5, 0.6) is 0 Å². The van der Waals surface area contributed by atoms with E-state index in [4.69, 9.17) is 5.11 Å². The lowest BCUT2D eigenvalue weighted by atomic mass is 10.3. The first-order valence-corrected chi connectivity index (χ1v) is 3.94. The van der Waals surface area contributed by atoms with Crippen molar-refractivity contribution in [2.24, 2.45) is 0 Å². The van der Waals surface area contributed by atoms with E-state index in [1.165, 1.54) is 0 Å². The second-order valence-corrected chi connectivity index (χ2v) is 2.69. The van der Waals surface area contributed by atoms with Crippen LogP contribution in [0.4, 0.5) is 0 Å². The first-order valence-electron chi connectivity index (χ1n) is 3.94. The molecule has 4 nitrogen and oxygen atoms in total. The average Bonchev–Trinajstić information content (AvgIpc) is 2.05. The molecule has 0 amide bonds. The van der Waals surface area contributed by atoms with E-state index in [2.05, 4.69) is 15.5 Å². The van der Waals surface area contributed by atoms with Crippen molar-refractivity contribution in [3.05, 3.63) is 24.0 Å². The molecule has 0 fully saturated rings. The average molecular weight is 167 g/mol. The Labute approximate surface area is 71.6 Å². The largest absolute Gasteiger partial charge is 0.392 e. The molecule has 1 heterocycles. The maximum atomic E-state index is 8.93. The third kappa shape index (κ3) is 3.41. The predicted octanol–water partition coefficient (Wildman–Crippen LogP) is -0.0530. The van der Waals surface area contributed by atoms with Crippen LogP contribution in [-0.2, 0) is 6.54 Å². The molecule has 0 aliphatic heterocycles. The fraction of sp³-hybridized carbons (Fsp3) is 0.500. The predicted molar refractivity (Wildman–Crippen MR) is 45.4 cm³/mol. The van der Waals surface area contributed by atoms with Crippen molar-refractivity contribution in [1.82, 2.24) is 15.5 Å². The standard InChI is InChI=1S/C8H13N3O/c1-7(12)5-9-6-8-3-2-4-10-11-8/h2-4,7,9,12H,5-6H2,1H3/t7-/m1/s1. The van der Waals surface area contributed by atoms with Gasteiger partial charge in [0.15, 0.2) is 0 Å². The van der Waals surface area contributed by atoms with Crippen molar-refractivity contribution in [3.63, 3.8) is 0 Å². The van der Waals surface area contributed by atoms with Gasteiger partial charge in [-0.1, -0.05) is 0 Å². The van der Waals surface area contributed by atoms with Gasteiger partial charge in [-0.25, -0.2) is 0 Å². The summed E-state index contributed by atoms with van der Waals surface area (Å²) in [5.74, 6) is 0. The van der Waals surface area contributed by atoms with E-state index in [0.717, 1.165) is 5.69 Å². The highest BCUT2D eigenvalue weighted by Gasteiger charge is 1.95. The highest BCUT2D eigenvalue weighted by molar-refractivity contribution is 4.98. The summed E-state index contributed by atoms with van der Waals surface area (Å²) in [5, 5.41) is 19.6. The van der Waals surface area contributed by atoms with E-state index >= 15 is 0 Å². The molecule has 0 spiro atoms. The third-order valence-electron chi connectivity index (χ3n) is 1.37. The number of nitrogens with one attached hydrogen (secondary N) is 1. The Morgan fingerprint density at radius 3 is 3.08 bits per heavy atom. The summed E-state index contributed by atoms with van der Waals surface area (Å²) < 4.78 is 0. The Morgan fingerprint density at radius 2 is 2.50 bits per heavy atom. The third-order valence-corrected chi connectivity index (χ3v) is 1.37. The number of aliphatic hydroxyl groups is 1. The van der Waals surface area contributed by atoms with Crippen LogP contribution in [0.25, 0.3) is 0 Å². The summed E-state index contributed by atoms with van der Waals surface area (Å²) in [5.41, 5.74) is 0.887. The molecule has 0 unspecified atom stereocenters. The van der Waals surface area contributed by atoms with Crippen molar-refractivity contribution in [3.8, 4) is 0 Å². The fourth-order valence-electron chi connectivity index (χ4n) is 0.837. The van der Waals surface area contributed by atoms with Gasteiger partial charge in [0.2, 0.25) is 0 Å². The van der Waals surface area contributed by atoms with Crippen LogP contribution in [0.3, 0.4) is 0 Å². The normalized spacial score (nSPS) is 12.8. The van der Waals surface area contributed by atoms with Crippen LogP contribution in [0, 0.1) is 0 Å². The molecule has 1 aromatic rings. The topological polar surface area (TPSA) is 58.0 Å². The molecule has 1 atom stereocenters. The molecule has 0 saturated heterocycles. The number of rotatable bonds is 4. The van der Waals surface area contributed by atoms with Crippen molar-refractivity contribution >= 4 is 0 Å². The van der Waals surface area contributed by atoms with Crippen LogP contribution in [-0.4, -0.2) is 28.0 Å². The highest BCUT2D eigenvalue weighted by atomic mass is 16.3. The quantitative estimate of drug-likeness (QED) is 0.660. The Morgan fingerprint density at radius 1 is 1.67 bits per heavy atom. The minimum Gasteiger partial charge on any atom is -0.392 e. The van der Waals surface area contributed by atoms with Gasteiger partial charge in [0.05, 0.1) is 11.8 Å². The van der Waals surface area contributed by atoms with E-state index in [0.29, 0.717) is 13.1 Å². The van der Waals surface area contributed by atoms with Crippen LogP contribution in [0.2, 0.25) is 0 Å². The minimum atomic E-state index is -0.318. The lowest BCUT2D eigenvalue weighted by molar-refractivity contribution is 0.191. The van der Waals surface area contributed by atoms with Gasteiger partial charge in [-0.05, 0) is 19.1 Å². The van der Waals surface area contributed by atoms with E-state index in [1.807, 2.05) is 12.1 Å². The van der Waals surface area contributed by atoms with Crippen molar-refractivity contribution in [2.75, 3.05) is 6.54 Å². The first-order chi connectivity index (χ1) is 5.79. The van der Waals surface area contributed by atoms with E-state index in [9.17, 15) is 0 Å². The molecule has 0 bridgehead atoms. The molecular weight excluding hydrogens is 154 g/mol. The second kappa shape index (κ2) is 4.79. The zero-order chi connectivity index (χ0) is 8.81. The van der Waals surface area contributed by atoms with Gasteiger partial charge in [0, 0.05) is 19.3 Å². The zero-order valence-electron chi connectivity index (χ0n) is 7.07. The molecule has 1 rings (SSSR count). The van der Waals surface area contributed by atoms with Gasteiger partial charge >= 0.3 is 0 Å².